The third-order valence-electron chi connectivity index (χ3n) is 3.26. The minimum atomic E-state index is -0.277. The van der Waals surface area contributed by atoms with Gasteiger partial charge in [-0.3, -0.25) is 0 Å². The number of nitrogens with one attached hydrogen (secondary N) is 1. The van der Waals surface area contributed by atoms with Crippen LogP contribution in [0.2, 0.25) is 0 Å². The molecule has 108 valence electrons. The number of hydrogen-bond acceptors (Lipinski definition) is 4. The number of aryl methyl sites for hydroxylation is 1. The molecule has 0 aliphatic carbocycles. The van der Waals surface area contributed by atoms with Crippen LogP contribution in [0.15, 0.2) is 29.1 Å². The Morgan fingerprint density at radius 3 is 2.90 bits per heavy atom. The molecule has 5 N–H and O–H groups in total. The lowest BCUT2D eigenvalue weighted by molar-refractivity contribution is 0.557. The van der Waals surface area contributed by atoms with Crippen LogP contribution in [-0.4, -0.2) is 21.3 Å². The lowest BCUT2D eigenvalue weighted by Gasteiger charge is -2.12. The summed E-state index contributed by atoms with van der Waals surface area (Å²) in [6.45, 7) is 2.63. The number of nitrogens with zero attached hydrogens (tertiary/aromatic N) is 2. The predicted molar refractivity (Wildman–Crippen MR) is 78.8 cm³/mol. The minimum Gasteiger partial charge on any atom is -0.330 e. The van der Waals surface area contributed by atoms with Crippen molar-refractivity contribution in [2.75, 3.05) is 6.54 Å². The average molecular weight is 275 g/mol. The van der Waals surface area contributed by atoms with E-state index in [-0.39, 0.29) is 11.7 Å². The van der Waals surface area contributed by atoms with E-state index >= 15 is 0 Å². The van der Waals surface area contributed by atoms with Crippen LogP contribution in [0.5, 0.6) is 0 Å². The zero-order valence-electron chi connectivity index (χ0n) is 11.7. The van der Waals surface area contributed by atoms with E-state index in [2.05, 4.69) is 10.2 Å². The van der Waals surface area contributed by atoms with E-state index in [1.807, 2.05) is 31.2 Å². The van der Waals surface area contributed by atoms with Gasteiger partial charge in [0.15, 0.2) is 5.82 Å². The molecule has 6 heteroatoms. The second kappa shape index (κ2) is 6.49. The number of unbranched alkanes of at least 4 members (excludes halogenated alkanes) is 1. The number of aromatic amines is 1. The molecule has 1 aromatic carbocycles. The molecule has 1 aromatic heterocycles. The van der Waals surface area contributed by atoms with Crippen molar-refractivity contribution in [1.82, 2.24) is 14.8 Å². The predicted octanol–water partition coefficient (Wildman–Crippen LogP) is 0.998. The minimum absolute atomic E-state index is 0.264. The van der Waals surface area contributed by atoms with Crippen LogP contribution in [0.3, 0.4) is 0 Å². The Bertz CT molecular complexity index is 616. The topological polar surface area (TPSA) is 103 Å². The van der Waals surface area contributed by atoms with Gasteiger partial charge in [0, 0.05) is 0 Å². The van der Waals surface area contributed by atoms with E-state index < -0.39 is 0 Å². The number of aromatic nitrogens is 3. The van der Waals surface area contributed by atoms with Crippen LogP contribution in [0.1, 0.15) is 36.7 Å². The van der Waals surface area contributed by atoms with E-state index in [4.69, 9.17) is 11.5 Å². The monoisotopic (exact) mass is 275 g/mol. The summed E-state index contributed by atoms with van der Waals surface area (Å²) in [6, 6.07) is 7.43. The maximum atomic E-state index is 12.0. The fourth-order valence-corrected chi connectivity index (χ4v) is 2.21. The quantitative estimate of drug-likeness (QED) is 0.684. The molecule has 1 atom stereocenters. The van der Waals surface area contributed by atoms with Gasteiger partial charge in [-0.15, -0.1) is 0 Å². The molecular weight excluding hydrogens is 254 g/mol. The molecule has 0 fully saturated rings. The van der Waals surface area contributed by atoms with Crippen molar-refractivity contribution in [1.29, 1.82) is 0 Å². The highest BCUT2D eigenvalue weighted by Crippen LogP contribution is 2.17. The molecule has 0 spiro atoms. The molecule has 2 aromatic rings. The lowest BCUT2D eigenvalue weighted by atomic mass is 10.1. The third-order valence-corrected chi connectivity index (χ3v) is 3.26. The Morgan fingerprint density at radius 1 is 1.40 bits per heavy atom. The number of benzene rings is 1. The molecule has 0 saturated heterocycles. The van der Waals surface area contributed by atoms with Gasteiger partial charge >= 0.3 is 5.69 Å². The number of H-pyrrole nitrogens is 1. The standard InChI is InChI=1S/C14H21N5O/c1-10-5-4-6-11(9-10)19-13(17-18-14(19)20)12(16)7-2-3-8-15/h4-6,9,12H,2-3,7-8,15-16H2,1H3,(H,18,20)/t12-/m0/s1. The zero-order valence-corrected chi connectivity index (χ0v) is 11.7. The van der Waals surface area contributed by atoms with Gasteiger partial charge in [-0.25, -0.2) is 14.5 Å². The van der Waals surface area contributed by atoms with Crippen molar-refractivity contribution >= 4 is 0 Å². The first-order chi connectivity index (χ1) is 9.63. The highest BCUT2D eigenvalue weighted by atomic mass is 16.1. The first-order valence-corrected chi connectivity index (χ1v) is 6.83. The van der Waals surface area contributed by atoms with Crippen LogP contribution in [0.25, 0.3) is 5.69 Å². The van der Waals surface area contributed by atoms with Gasteiger partial charge in [0.25, 0.3) is 0 Å². The van der Waals surface area contributed by atoms with Gasteiger partial charge in [-0.2, -0.15) is 5.10 Å². The Hall–Kier alpha value is -1.92. The van der Waals surface area contributed by atoms with Crippen molar-refractivity contribution in [3.63, 3.8) is 0 Å². The second-order valence-corrected chi connectivity index (χ2v) is 4.95. The van der Waals surface area contributed by atoms with Crippen molar-refractivity contribution in [2.45, 2.75) is 32.2 Å². The maximum absolute atomic E-state index is 12.0. The van der Waals surface area contributed by atoms with Gasteiger partial charge in [0.1, 0.15) is 0 Å². The summed E-state index contributed by atoms with van der Waals surface area (Å²) in [4.78, 5) is 12.0. The molecule has 0 aliphatic rings. The molecule has 0 unspecified atom stereocenters. The highest BCUT2D eigenvalue weighted by molar-refractivity contribution is 5.36. The summed E-state index contributed by atoms with van der Waals surface area (Å²) in [5.74, 6) is 0.567. The van der Waals surface area contributed by atoms with Crippen LogP contribution >= 0.6 is 0 Å². The van der Waals surface area contributed by atoms with Crippen LogP contribution in [0.4, 0.5) is 0 Å². The fraction of sp³-hybridized carbons (Fsp3) is 0.429. The maximum Gasteiger partial charge on any atom is 0.347 e. The van der Waals surface area contributed by atoms with E-state index in [0.29, 0.717) is 12.4 Å². The summed E-state index contributed by atoms with van der Waals surface area (Å²) < 4.78 is 1.54. The number of hydrogen-bond donors (Lipinski definition) is 3. The summed E-state index contributed by atoms with van der Waals surface area (Å²) in [5.41, 5.74) is 13.2. The molecule has 2 rings (SSSR count). The average Bonchev–Trinajstić information content (AvgIpc) is 2.81. The van der Waals surface area contributed by atoms with E-state index in [0.717, 1.165) is 30.5 Å². The first kappa shape index (κ1) is 14.5. The normalized spacial score (nSPS) is 12.6. The van der Waals surface area contributed by atoms with Gasteiger partial charge in [0.05, 0.1) is 11.7 Å². The SMILES string of the molecule is Cc1cccc(-n2c([C@@H](N)CCCCN)n[nH]c2=O)c1. The van der Waals surface area contributed by atoms with E-state index in [1.54, 1.807) is 4.57 Å². The van der Waals surface area contributed by atoms with Crippen LogP contribution < -0.4 is 17.2 Å². The Labute approximate surface area is 117 Å². The van der Waals surface area contributed by atoms with E-state index in [9.17, 15) is 4.79 Å². The summed E-state index contributed by atoms with van der Waals surface area (Å²) in [5, 5.41) is 6.55. The molecule has 0 aliphatic heterocycles. The van der Waals surface area contributed by atoms with Crippen LogP contribution in [-0.2, 0) is 0 Å². The Kier molecular flexibility index (Phi) is 4.70. The van der Waals surface area contributed by atoms with Gasteiger partial charge in [0.2, 0.25) is 0 Å². The highest BCUT2D eigenvalue weighted by Gasteiger charge is 2.17. The summed E-state index contributed by atoms with van der Waals surface area (Å²) >= 11 is 0. The smallest absolute Gasteiger partial charge is 0.330 e. The van der Waals surface area contributed by atoms with Crippen molar-refractivity contribution in [3.05, 3.63) is 46.1 Å². The molecule has 6 nitrogen and oxygen atoms in total. The molecule has 0 radical (unpaired) electrons. The zero-order chi connectivity index (χ0) is 14.5. The molecule has 1 heterocycles. The van der Waals surface area contributed by atoms with Crippen LogP contribution in [0, 0.1) is 6.92 Å². The number of nitrogens with two attached hydrogens (primary N) is 2. The third kappa shape index (κ3) is 3.15. The van der Waals surface area contributed by atoms with E-state index in [1.165, 1.54) is 0 Å². The molecule has 20 heavy (non-hydrogen) atoms. The van der Waals surface area contributed by atoms with Gasteiger partial charge in [-0.1, -0.05) is 18.6 Å². The second-order valence-electron chi connectivity index (χ2n) is 4.95. The molecule has 0 amide bonds. The van der Waals surface area contributed by atoms with Crippen molar-refractivity contribution < 1.29 is 0 Å². The lowest BCUT2D eigenvalue weighted by Crippen LogP contribution is -2.22. The van der Waals surface area contributed by atoms with Crippen molar-refractivity contribution in [3.8, 4) is 5.69 Å². The van der Waals surface area contributed by atoms with Gasteiger partial charge in [-0.05, 0) is 44.0 Å². The summed E-state index contributed by atoms with van der Waals surface area (Å²) in [6.07, 6.45) is 2.60. The Balaban J connectivity index is 2.30. The summed E-state index contributed by atoms with van der Waals surface area (Å²) in [7, 11) is 0. The van der Waals surface area contributed by atoms with Crippen molar-refractivity contribution in [2.24, 2.45) is 11.5 Å². The number of rotatable bonds is 6. The first-order valence-electron chi connectivity index (χ1n) is 6.83. The fourth-order valence-electron chi connectivity index (χ4n) is 2.21. The largest absolute Gasteiger partial charge is 0.347 e. The molecule has 0 bridgehead atoms. The van der Waals surface area contributed by atoms with Gasteiger partial charge < -0.3 is 11.5 Å². The Morgan fingerprint density at radius 2 is 2.20 bits per heavy atom. The molecular formula is C14H21N5O. The molecule has 0 saturated carbocycles.